The Balaban J connectivity index is 0.00000324. The largest absolute Gasteiger partial charge is 0.487 e. The standard InChI is InChI=1S/C26H30N4O3.HI/c1-4-27-25(30-21-16-26(2,3)33-22-9-6-5-8-20(21)22)28-17-18-11-13-19(14-12-18)29-24(31)23-10-7-15-32-23;/h5-15,21H,4,16-17H2,1-3H3,(H,29,31)(H2,27,28,30);1H. The van der Waals surface area contributed by atoms with E-state index in [1.54, 1.807) is 12.1 Å². The summed E-state index contributed by atoms with van der Waals surface area (Å²) in [6.45, 7) is 7.53. The first-order valence-electron chi connectivity index (χ1n) is 11.2. The van der Waals surface area contributed by atoms with E-state index in [0.717, 1.165) is 35.8 Å². The number of carbonyl (C=O) groups is 1. The summed E-state index contributed by atoms with van der Waals surface area (Å²) in [5, 5.41) is 9.75. The quantitative estimate of drug-likeness (QED) is 0.206. The lowest BCUT2D eigenvalue weighted by atomic mass is 9.90. The topological polar surface area (TPSA) is 87.9 Å². The van der Waals surface area contributed by atoms with Crippen LogP contribution in [0.25, 0.3) is 0 Å². The molecule has 1 unspecified atom stereocenters. The number of halogens is 1. The summed E-state index contributed by atoms with van der Waals surface area (Å²) in [5.74, 6) is 1.67. The van der Waals surface area contributed by atoms with E-state index in [-0.39, 0.29) is 47.3 Å². The van der Waals surface area contributed by atoms with Gasteiger partial charge in [-0.25, -0.2) is 4.99 Å². The number of guanidine groups is 1. The van der Waals surface area contributed by atoms with Crippen LogP contribution in [0.15, 0.2) is 76.3 Å². The van der Waals surface area contributed by atoms with Crippen molar-refractivity contribution in [3.63, 3.8) is 0 Å². The molecule has 7 nitrogen and oxygen atoms in total. The minimum atomic E-state index is -0.274. The predicted octanol–water partition coefficient (Wildman–Crippen LogP) is 5.51. The molecule has 4 rings (SSSR count). The number of ether oxygens (including phenoxy) is 1. The summed E-state index contributed by atoms with van der Waals surface area (Å²) in [4.78, 5) is 16.9. The molecule has 0 aliphatic carbocycles. The van der Waals surface area contributed by atoms with Crippen LogP contribution in [0, 0.1) is 0 Å². The smallest absolute Gasteiger partial charge is 0.291 e. The summed E-state index contributed by atoms with van der Waals surface area (Å²) < 4.78 is 11.3. The number of hydrogen-bond donors (Lipinski definition) is 3. The summed E-state index contributed by atoms with van der Waals surface area (Å²) in [5.41, 5.74) is 2.62. The normalized spacial score (nSPS) is 16.4. The Labute approximate surface area is 217 Å². The van der Waals surface area contributed by atoms with Gasteiger partial charge in [-0.05, 0) is 56.7 Å². The highest BCUT2D eigenvalue weighted by Gasteiger charge is 2.33. The molecular formula is C26H31IN4O3. The Morgan fingerprint density at radius 2 is 1.85 bits per heavy atom. The third-order valence-electron chi connectivity index (χ3n) is 5.41. The molecule has 2 aromatic carbocycles. The number of hydrogen-bond acceptors (Lipinski definition) is 4. The highest BCUT2D eigenvalue weighted by atomic mass is 127. The van der Waals surface area contributed by atoms with E-state index in [1.807, 2.05) is 42.5 Å². The molecule has 3 N–H and O–H groups in total. The van der Waals surface area contributed by atoms with Crippen molar-refractivity contribution in [1.82, 2.24) is 10.6 Å². The number of nitrogens with zero attached hydrogens (tertiary/aromatic N) is 1. The molecular weight excluding hydrogens is 543 g/mol. The molecule has 0 saturated carbocycles. The Morgan fingerprint density at radius 1 is 1.09 bits per heavy atom. The second-order valence-corrected chi connectivity index (χ2v) is 8.62. The van der Waals surface area contributed by atoms with Gasteiger partial charge in [0.25, 0.3) is 5.91 Å². The highest BCUT2D eigenvalue weighted by Crippen LogP contribution is 2.39. The van der Waals surface area contributed by atoms with Gasteiger partial charge in [0.2, 0.25) is 0 Å². The minimum absolute atomic E-state index is 0. The molecule has 0 spiro atoms. The molecule has 2 heterocycles. The van der Waals surface area contributed by atoms with Crippen LogP contribution in [0.2, 0.25) is 0 Å². The Kier molecular flexibility index (Phi) is 8.60. The van der Waals surface area contributed by atoms with Gasteiger partial charge in [0.1, 0.15) is 11.4 Å². The summed E-state index contributed by atoms with van der Waals surface area (Å²) >= 11 is 0. The van der Waals surface area contributed by atoms with Gasteiger partial charge in [-0.3, -0.25) is 4.79 Å². The van der Waals surface area contributed by atoms with Gasteiger partial charge < -0.3 is 25.1 Å². The van der Waals surface area contributed by atoms with E-state index in [4.69, 9.17) is 14.1 Å². The molecule has 180 valence electrons. The van der Waals surface area contributed by atoms with Crippen molar-refractivity contribution < 1.29 is 13.9 Å². The molecule has 0 bridgehead atoms. The lowest BCUT2D eigenvalue weighted by Gasteiger charge is -2.38. The van der Waals surface area contributed by atoms with Crippen molar-refractivity contribution in [1.29, 1.82) is 0 Å². The van der Waals surface area contributed by atoms with E-state index >= 15 is 0 Å². The fourth-order valence-corrected chi connectivity index (χ4v) is 3.88. The van der Waals surface area contributed by atoms with E-state index in [2.05, 4.69) is 42.8 Å². The molecule has 1 aromatic heterocycles. The van der Waals surface area contributed by atoms with Crippen molar-refractivity contribution in [3.8, 4) is 5.75 Å². The van der Waals surface area contributed by atoms with Gasteiger partial charge in [-0.15, -0.1) is 24.0 Å². The molecule has 3 aromatic rings. The number of benzene rings is 2. The molecule has 0 fully saturated rings. The molecule has 1 aliphatic heterocycles. The number of furan rings is 1. The SMILES string of the molecule is CCNC(=NCc1ccc(NC(=O)c2ccco2)cc1)NC1CC(C)(C)Oc2ccccc21.I. The van der Waals surface area contributed by atoms with Crippen LogP contribution in [-0.4, -0.2) is 24.0 Å². The maximum atomic E-state index is 12.1. The van der Waals surface area contributed by atoms with Crippen molar-refractivity contribution in [2.24, 2.45) is 4.99 Å². The summed E-state index contributed by atoms with van der Waals surface area (Å²) in [6, 6.07) is 19.2. The average Bonchev–Trinajstić information content (AvgIpc) is 3.33. The maximum absolute atomic E-state index is 12.1. The molecule has 1 amide bonds. The zero-order valence-electron chi connectivity index (χ0n) is 19.6. The molecule has 8 heteroatoms. The number of aliphatic imine (C=N–C) groups is 1. The Morgan fingerprint density at radius 3 is 2.56 bits per heavy atom. The van der Waals surface area contributed by atoms with Gasteiger partial charge in [0.05, 0.1) is 18.8 Å². The van der Waals surface area contributed by atoms with Crippen LogP contribution in [0.3, 0.4) is 0 Å². The number of nitrogens with one attached hydrogen (secondary N) is 3. The fourth-order valence-electron chi connectivity index (χ4n) is 3.88. The number of fused-ring (bicyclic) bond motifs is 1. The number of anilines is 1. The minimum Gasteiger partial charge on any atom is -0.487 e. The predicted molar refractivity (Wildman–Crippen MR) is 145 cm³/mol. The molecule has 0 radical (unpaired) electrons. The average molecular weight is 574 g/mol. The van der Waals surface area contributed by atoms with Crippen LogP contribution in [0.1, 0.15) is 54.9 Å². The molecule has 34 heavy (non-hydrogen) atoms. The lowest BCUT2D eigenvalue weighted by molar-refractivity contribution is 0.0694. The highest BCUT2D eigenvalue weighted by molar-refractivity contribution is 14.0. The number of rotatable bonds is 6. The monoisotopic (exact) mass is 574 g/mol. The molecule has 0 saturated heterocycles. The first-order valence-corrected chi connectivity index (χ1v) is 11.2. The van der Waals surface area contributed by atoms with Crippen molar-refractivity contribution in [3.05, 3.63) is 83.8 Å². The van der Waals surface area contributed by atoms with Gasteiger partial charge in [0, 0.05) is 24.2 Å². The third-order valence-corrected chi connectivity index (χ3v) is 5.41. The van der Waals surface area contributed by atoms with Crippen LogP contribution in [0.5, 0.6) is 5.75 Å². The second kappa shape index (κ2) is 11.4. The van der Waals surface area contributed by atoms with Crippen LogP contribution in [-0.2, 0) is 6.54 Å². The van der Waals surface area contributed by atoms with Crippen LogP contribution >= 0.6 is 24.0 Å². The van der Waals surface area contributed by atoms with E-state index in [9.17, 15) is 4.79 Å². The first kappa shape index (κ1) is 25.6. The molecule has 1 aliphatic rings. The van der Waals surface area contributed by atoms with E-state index in [0.29, 0.717) is 12.2 Å². The van der Waals surface area contributed by atoms with E-state index < -0.39 is 0 Å². The zero-order chi connectivity index (χ0) is 23.3. The Hall–Kier alpha value is -3.01. The van der Waals surface area contributed by atoms with Gasteiger partial charge in [0.15, 0.2) is 11.7 Å². The summed E-state index contributed by atoms with van der Waals surface area (Å²) in [7, 11) is 0. The van der Waals surface area contributed by atoms with Crippen LogP contribution in [0.4, 0.5) is 5.69 Å². The second-order valence-electron chi connectivity index (χ2n) is 8.62. The van der Waals surface area contributed by atoms with Crippen molar-refractivity contribution >= 4 is 41.5 Å². The van der Waals surface area contributed by atoms with Crippen LogP contribution < -0.4 is 20.7 Å². The fraction of sp³-hybridized carbons (Fsp3) is 0.308. The molecule has 1 atom stereocenters. The van der Waals surface area contributed by atoms with Crippen molar-refractivity contribution in [2.45, 2.75) is 45.4 Å². The maximum Gasteiger partial charge on any atom is 0.291 e. The van der Waals surface area contributed by atoms with Gasteiger partial charge in [-0.2, -0.15) is 0 Å². The first-order chi connectivity index (χ1) is 15.9. The summed E-state index contributed by atoms with van der Waals surface area (Å²) in [6.07, 6.45) is 2.31. The van der Waals surface area contributed by atoms with Crippen molar-refractivity contribution in [2.75, 3.05) is 11.9 Å². The number of para-hydroxylation sites is 1. The zero-order valence-corrected chi connectivity index (χ0v) is 22.0. The van der Waals surface area contributed by atoms with E-state index in [1.165, 1.54) is 6.26 Å². The Bertz CT molecular complexity index is 1110. The number of amides is 1. The van der Waals surface area contributed by atoms with Gasteiger partial charge in [-0.1, -0.05) is 30.3 Å². The number of carbonyl (C=O) groups excluding carboxylic acids is 1. The van der Waals surface area contributed by atoms with Gasteiger partial charge >= 0.3 is 0 Å². The third kappa shape index (κ3) is 6.53. The lowest BCUT2D eigenvalue weighted by Crippen LogP contribution is -2.45.